The molecule has 2 heteroatoms. The van der Waals surface area contributed by atoms with Crippen LogP contribution in [0.4, 0.5) is 17.1 Å². The molecule has 0 bridgehead atoms. The molecule has 0 radical (unpaired) electrons. The van der Waals surface area contributed by atoms with Gasteiger partial charge in [-0.1, -0.05) is 159 Å². The first-order valence-corrected chi connectivity index (χ1v) is 20.8. The van der Waals surface area contributed by atoms with E-state index in [1.807, 2.05) is 12.1 Å². The van der Waals surface area contributed by atoms with Crippen LogP contribution in [0.3, 0.4) is 0 Å². The Morgan fingerprint density at radius 1 is 0.534 bits per heavy atom. The molecule has 1 heterocycles. The standard InChI is InChI=1S/C56H47NO/c1-38-35-39(2)37-41(36-38)22-21-40-23-29-46(30-24-40)57(48-33-27-44(28-34-48)51-18-10-19-53-52-15-6-7-20-54(52)58-56(51)53)47-31-25-43(26-32-47)50-17-9-14-45-13-8-16-49(55(45)50)42-11-4-3-5-12-42/h3-20,23-34,39,41H,1,21-22,35-37H2,2H3. The summed E-state index contributed by atoms with van der Waals surface area (Å²) in [5, 5.41) is 4.81. The minimum Gasteiger partial charge on any atom is -0.455 e. The normalized spacial score (nSPS) is 15.6. The fourth-order valence-corrected chi connectivity index (χ4v) is 9.56. The van der Waals surface area contributed by atoms with Crippen LogP contribution in [0.25, 0.3) is 66.1 Å². The minimum atomic E-state index is 0.736. The van der Waals surface area contributed by atoms with Gasteiger partial charge in [0.05, 0.1) is 0 Å². The summed E-state index contributed by atoms with van der Waals surface area (Å²) in [6, 6.07) is 66.0. The average molecular weight is 750 g/mol. The molecule has 9 aromatic rings. The van der Waals surface area contributed by atoms with E-state index >= 15 is 0 Å². The van der Waals surface area contributed by atoms with Crippen molar-refractivity contribution in [3.63, 3.8) is 0 Å². The van der Waals surface area contributed by atoms with Gasteiger partial charge in [-0.05, 0) is 131 Å². The number of hydrogen-bond donors (Lipinski definition) is 0. The smallest absolute Gasteiger partial charge is 0.143 e. The van der Waals surface area contributed by atoms with Crippen LogP contribution < -0.4 is 4.90 Å². The van der Waals surface area contributed by atoms with Crippen molar-refractivity contribution >= 4 is 49.8 Å². The third kappa shape index (κ3) is 6.90. The fraction of sp³-hybridized carbons (Fsp3) is 0.143. The van der Waals surface area contributed by atoms with Crippen molar-refractivity contribution in [3.05, 3.63) is 200 Å². The maximum atomic E-state index is 6.43. The first kappa shape index (κ1) is 35.8. The number of allylic oxidation sites excluding steroid dienone is 1. The number of hydrogen-bond acceptors (Lipinski definition) is 2. The quantitative estimate of drug-likeness (QED) is 0.137. The Morgan fingerprint density at radius 2 is 1.09 bits per heavy atom. The van der Waals surface area contributed by atoms with E-state index in [4.69, 9.17) is 4.42 Å². The summed E-state index contributed by atoms with van der Waals surface area (Å²) in [6.07, 6.45) is 5.99. The highest BCUT2D eigenvalue weighted by Gasteiger charge is 2.21. The van der Waals surface area contributed by atoms with Crippen LogP contribution in [0.2, 0.25) is 0 Å². The van der Waals surface area contributed by atoms with Crippen molar-refractivity contribution in [1.82, 2.24) is 0 Å². The van der Waals surface area contributed by atoms with E-state index in [2.05, 4.69) is 188 Å². The lowest BCUT2D eigenvalue weighted by Gasteiger charge is -2.28. The number of benzene rings is 8. The summed E-state index contributed by atoms with van der Waals surface area (Å²) in [5.74, 6) is 1.48. The monoisotopic (exact) mass is 749 g/mol. The summed E-state index contributed by atoms with van der Waals surface area (Å²) in [6.45, 7) is 6.72. The van der Waals surface area contributed by atoms with Crippen LogP contribution in [0.1, 0.15) is 38.2 Å². The van der Waals surface area contributed by atoms with Gasteiger partial charge in [0, 0.05) is 33.4 Å². The molecule has 58 heavy (non-hydrogen) atoms. The number of anilines is 3. The number of rotatable bonds is 9. The topological polar surface area (TPSA) is 16.4 Å². The third-order valence-electron chi connectivity index (χ3n) is 12.3. The van der Waals surface area contributed by atoms with Crippen LogP contribution in [0, 0.1) is 11.8 Å². The highest BCUT2D eigenvalue weighted by Crippen LogP contribution is 2.42. The maximum Gasteiger partial charge on any atom is 0.143 e. The molecule has 0 N–H and O–H groups in total. The highest BCUT2D eigenvalue weighted by molar-refractivity contribution is 6.10. The first-order valence-electron chi connectivity index (χ1n) is 20.8. The molecule has 0 saturated heterocycles. The van der Waals surface area contributed by atoms with Gasteiger partial charge >= 0.3 is 0 Å². The Hall–Kier alpha value is -6.64. The number of furan rings is 1. The summed E-state index contributed by atoms with van der Waals surface area (Å²) < 4.78 is 6.43. The van der Waals surface area contributed by atoms with Gasteiger partial charge < -0.3 is 9.32 Å². The molecular weight excluding hydrogens is 703 g/mol. The predicted octanol–water partition coefficient (Wildman–Crippen LogP) is 16.1. The molecule has 10 rings (SSSR count). The van der Waals surface area contributed by atoms with E-state index < -0.39 is 0 Å². The van der Waals surface area contributed by atoms with Gasteiger partial charge in [-0.15, -0.1) is 0 Å². The molecular formula is C56H47NO. The SMILES string of the molecule is C=C1CC(C)CC(CCc2ccc(N(c3ccc(-c4cccc5c4oc4ccccc45)cc3)c3ccc(-c4cccc5cccc(-c6ccccc6)c45)cc3)cc2)C1. The van der Waals surface area contributed by atoms with E-state index in [-0.39, 0.29) is 0 Å². The lowest BCUT2D eigenvalue weighted by Crippen LogP contribution is -2.15. The Morgan fingerprint density at radius 3 is 1.76 bits per heavy atom. The van der Waals surface area contributed by atoms with Gasteiger partial charge in [0.15, 0.2) is 0 Å². The summed E-state index contributed by atoms with van der Waals surface area (Å²) >= 11 is 0. The van der Waals surface area contributed by atoms with Crippen molar-refractivity contribution in [2.75, 3.05) is 4.90 Å². The van der Waals surface area contributed by atoms with Crippen molar-refractivity contribution < 1.29 is 4.42 Å². The van der Waals surface area contributed by atoms with E-state index in [9.17, 15) is 0 Å². The Labute approximate surface area is 341 Å². The fourth-order valence-electron chi connectivity index (χ4n) is 9.56. The molecule has 2 atom stereocenters. The Bertz CT molecular complexity index is 2880. The molecule has 2 nitrogen and oxygen atoms in total. The molecule has 2 unspecified atom stereocenters. The molecule has 1 aliphatic rings. The zero-order chi connectivity index (χ0) is 39.0. The van der Waals surface area contributed by atoms with Crippen molar-refractivity contribution in [1.29, 1.82) is 0 Å². The molecule has 0 aliphatic heterocycles. The number of fused-ring (bicyclic) bond motifs is 4. The van der Waals surface area contributed by atoms with Crippen LogP contribution >= 0.6 is 0 Å². The highest BCUT2D eigenvalue weighted by atomic mass is 16.3. The van der Waals surface area contributed by atoms with Gasteiger partial charge in [0.1, 0.15) is 11.2 Å². The summed E-state index contributed by atoms with van der Waals surface area (Å²) in [4.78, 5) is 2.38. The molecule has 0 amide bonds. The van der Waals surface area contributed by atoms with Crippen molar-refractivity contribution in [3.8, 4) is 33.4 Å². The molecule has 1 aliphatic carbocycles. The lowest BCUT2D eigenvalue weighted by atomic mass is 9.77. The van der Waals surface area contributed by atoms with Gasteiger partial charge in [0.2, 0.25) is 0 Å². The van der Waals surface area contributed by atoms with Crippen molar-refractivity contribution in [2.24, 2.45) is 11.8 Å². The third-order valence-corrected chi connectivity index (χ3v) is 12.3. The molecule has 1 saturated carbocycles. The summed E-state index contributed by atoms with van der Waals surface area (Å²) in [7, 11) is 0. The van der Waals surface area contributed by atoms with E-state index in [1.54, 1.807) is 0 Å². The second kappa shape index (κ2) is 15.4. The number of para-hydroxylation sites is 2. The van der Waals surface area contributed by atoms with Crippen LogP contribution in [-0.2, 0) is 6.42 Å². The largest absolute Gasteiger partial charge is 0.455 e. The van der Waals surface area contributed by atoms with Crippen molar-refractivity contribution in [2.45, 2.75) is 39.0 Å². The number of aryl methyl sites for hydroxylation is 1. The van der Waals surface area contributed by atoms with Crippen LogP contribution in [-0.4, -0.2) is 0 Å². The van der Waals surface area contributed by atoms with Gasteiger partial charge in [-0.25, -0.2) is 0 Å². The van der Waals surface area contributed by atoms with Gasteiger partial charge in [-0.2, -0.15) is 0 Å². The Kier molecular flexibility index (Phi) is 9.47. The van der Waals surface area contributed by atoms with E-state index in [0.717, 1.165) is 68.4 Å². The van der Waals surface area contributed by atoms with Gasteiger partial charge in [-0.3, -0.25) is 0 Å². The van der Waals surface area contributed by atoms with Crippen LogP contribution in [0.5, 0.6) is 0 Å². The zero-order valence-corrected chi connectivity index (χ0v) is 33.1. The molecule has 8 aromatic carbocycles. The molecule has 282 valence electrons. The molecule has 0 spiro atoms. The maximum absolute atomic E-state index is 6.43. The molecule has 1 aromatic heterocycles. The zero-order valence-electron chi connectivity index (χ0n) is 33.1. The molecule has 1 fully saturated rings. The van der Waals surface area contributed by atoms with E-state index in [1.165, 1.54) is 69.8 Å². The second-order valence-corrected chi connectivity index (χ2v) is 16.4. The number of nitrogens with zero attached hydrogens (tertiary/aromatic N) is 1. The lowest BCUT2D eigenvalue weighted by molar-refractivity contribution is 0.321. The second-order valence-electron chi connectivity index (χ2n) is 16.4. The van der Waals surface area contributed by atoms with E-state index in [0.29, 0.717) is 0 Å². The van der Waals surface area contributed by atoms with Crippen LogP contribution in [0.15, 0.2) is 199 Å². The summed E-state index contributed by atoms with van der Waals surface area (Å²) in [5.41, 5.74) is 15.2. The Balaban J connectivity index is 1.01. The predicted molar refractivity (Wildman–Crippen MR) is 246 cm³/mol. The first-order chi connectivity index (χ1) is 28.6. The average Bonchev–Trinajstić information content (AvgIpc) is 3.65. The minimum absolute atomic E-state index is 0.736. The van der Waals surface area contributed by atoms with Gasteiger partial charge in [0.25, 0.3) is 0 Å².